The lowest BCUT2D eigenvalue weighted by Crippen LogP contribution is -2.44. The molecule has 2 aromatic heterocycles. The number of carbonyl (C=O) groups excluding carboxylic acids is 2. The largest absolute Gasteiger partial charge is 0.337 e. The molecule has 4 aromatic rings. The second-order valence-corrected chi connectivity index (χ2v) is 13.5. The molecule has 2 fully saturated rings. The van der Waals surface area contributed by atoms with E-state index in [1.54, 1.807) is 9.58 Å². The van der Waals surface area contributed by atoms with Crippen LogP contribution in [0.5, 0.6) is 0 Å². The average molecular weight is 631 g/mol. The van der Waals surface area contributed by atoms with Gasteiger partial charge >= 0.3 is 0 Å². The molecule has 2 aromatic carbocycles. The van der Waals surface area contributed by atoms with Crippen LogP contribution in [0.25, 0.3) is 5.69 Å². The molecule has 4 aliphatic rings. The number of aromatic nitrogens is 5. The lowest BCUT2D eigenvalue weighted by atomic mass is 9.74. The molecule has 1 saturated carbocycles. The zero-order valence-corrected chi connectivity index (χ0v) is 26.1. The van der Waals surface area contributed by atoms with E-state index < -0.39 is 0 Å². The van der Waals surface area contributed by atoms with Gasteiger partial charge in [-0.3, -0.25) is 9.59 Å². The second-order valence-electron chi connectivity index (χ2n) is 12.7. The molecule has 11 heteroatoms. The minimum absolute atomic E-state index is 0.140. The number of likely N-dealkylation sites (tertiary alicyclic amines) is 1. The van der Waals surface area contributed by atoms with E-state index in [1.807, 2.05) is 28.5 Å². The van der Waals surface area contributed by atoms with E-state index in [9.17, 15) is 9.59 Å². The first kappa shape index (κ1) is 27.8. The molecule has 0 atom stereocenters. The van der Waals surface area contributed by atoms with Crippen LogP contribution in [-0.4, -0.2) is 65.8 Å². The molecule has 4 heterocycles. The van der Waals surface area contributed by atoms with Gasteiger partial charge in [0.05, 0.1) is 22.9 Å². The van der Waals surface area contributed by atoms with Crippen LogP contribution in [0.15, 0.2) is 42.5 Å². The summed E-state index contributed by atoms with van der Waals surface area (Å²) in [6.07, 6.45) is 6.53. The normalized spacial score (nSPS) is 18.9. The number of halogens is 2. The summed E-state index contributed by atoms with van der Waals surface area (Å²) < 4.78 is 3.47. The van der Waals surface area contributed by atoms with Gasteiger partial charge in [0, 0.05) is 26.2 Å². The van der Waals surface area contributed by atoms with E-state index in [2.05, 4.69) is 45.6 Å². The maximum Gasteiger partial charge on any atom is 0.276 e. The molecule has 0 radical (unpaired) electrons. The Morgan fingerprint density at radius 2 is 1.68 bits per heavy atom. The molecule has 0 N–H and O–H groups in total. The molecule has 8 rings (SSSR count). The SMILES string of the molecule is Cc1c(C(=O)N2CCn3c(nc(C(=O)N4CCC5(CCc6ccccc65)CC4)c3Cl)C2)nnn1-c1ccc(C2CC2)cc1Cl. The summed E-state index contributed by atoms with van der Waals surface area (Å²) in [4.78, 5) is 35.5. The number of aryl methyl sites for hydroxylation is 1. The molecule has 1 saturated heterocycles. The van der Waals surface area contributed by atoms with Gasteiger partial charge in [-0.2, -0.15) is 0 Å². The molecule has 0 bridgehead atoms. The Bertz CT molecular complexity index is 1820. The van der Waals surface area contributed by atoms with E-state index in [4.69, 9.17) is 23.2 Å². The number of piperidine rings is 1. The second kappa shape index (κ2) is 10.4. The topological polar surface area (TPSA) is 89.2 Å². The van der Waals surface area contributed by atoms with Gasteiger partial charge in [0.15, 0.2) is 11.4 Å². The molecule has 226 valence electrons. The van der Waals surface area contributed by atoms with Crippen molar-refractivity contribution < 1.29 is 9.59 Å². The van der Waals surface area contributed by atoms with E-state index >= 15 is 0 Å². The van der Waals surface area contributed by atoms with Crippen molar-refractivity contribution in [3.8, 4) is 5.69 Å². The van der Waals surface area contributed by atoms with Crippen molar-refractivity contribution in [1.29, 1.82) is 0 Å². The van der Waals surface area contributed by atoms with Gasteiger partial charge in [0.2, 0.25) is 0 Å². The van der Waals surface area contributed by atoms with Gasteiger partial charge in [-0.15, -0.1) is 5.10 Å². The van der Waals surface area contributed by atoms with Crippen LogP contribution in [0, 0.1) is 6.92 Å². The fourth-order valence-corrected chi connectivity index (χ4v) is 8.02. The van der Waals surface area contributed by atoms with Crippen LogP contribution >= 0.6 is 23.2 Å². The Balaban J connectivity index is 0.969. The van der Waals surface area contributed by atoms with Crippen molar-refractivity contribution in [2.24, 2.45) is 0 Å². The van der Waals surface area contributed by atoms with Crippen LogP contribution in [-0.2, 0) is 24.9 Å². The molecule has 2 amide bonds. The molecule has 44 heavy (non-hydrogen) atoms. The van der Waals surface area contributed by atoms with Crippen molar-refractivity contribution in [2.45, 2.75) is 69.9 Å². The van der Waals surface area contributed by atoms with Crippen molar-refractivity contribution >= 4 is 35.0 Å². The first-order chi connectivity index (χ1) is 21.3. The van der Waals surface area contributed by atoms with E-state index in [-0.39, 0.29) is 35.2 Å². The van der Waals surface area contributed by atoms with Crippen LogP contribution in [0.2, 0.25) is 10.2 Å². The predicted molar refractivity (Wildman–Crippen MR) is 167 cm³/mol. The fraction of sp³-hybridized carbons (Fsp3) is 0.424. The standard InChI is InChI=1S/C33H33Cl2N7O2/c1-20-28(37-38-42(20)26-9-8-23(18-25(26)34)21-6-7-21)31(43)40-16-17-41-27(19-40)36-29(30(41)35)32(44)39-14-12-33(13-15-39)11-10-22-4-2-3-5-24(22)33/h2-5,8-9,18,21H,6-7,10-17,19H2,1H3. The quantitative estimate of drug-likeness (QED) is 0.287. The number of fused-ring (bicyclic) bond motifs is 3. The summed E-state index contributed by atoms with van der Waals surface area (Å²) >= 11 is 13.4. The molecule has 9 nitrogen and oxygen atoms in total. The zero-order valence-electron chi connectivity index (χ0n) is 24.6. The summed E-state index contributed by atoms with van der Waals surface area (Å²) in [7, 11) is 0. The number of carbonyl (C=O) groups is 2. The Morgan fingerprint density at radius 1 is 0.909 bits per heavy atom. The first-order valence-electron chi connectivity index (χ1n) is 15.5. The number of hydrogen-bond donors (Lipinski definition) is 0. The van der Waals surface area contributed by atoms with Gasteiger partial charge in [-0.05, 0) is 85.6 Å². The molecule has 0 unspecified atom stereocenters. The van der Waals surface area contributed by atoms with Gasteiger partial charge in [0.1, 0.15) is 11.0 Å². The van der Waals surface area contributed by atoms with E-state index in [0.29, 0.717) is 59.5 Å². The summed E-state index contributed by atoms with van der Waals surface area (Å²) in [5.41, 5.74) is 6.15. The highest BCUT2D eigenvalue weighted by molar-refractivity contribution is 6.33. The van der Waals surface area contributed by atoms with Gasteiger partial charge < -0.3 is 14.4 Å². The Kier molecular flexibility index (Phi) is 6.61. The van der Waals surface area contributed by atoms with Crippen LogP contribution < -0.4 is 0 Å². The highest BCUT2D eigenvalue weighted by Crippen LogP contribution is 2.46. The lowest BCUT2D eigenvalue weighted by Gasteiger charge is -2.40. The fourth-order valence-electron chi connectivity index (χ4n) is 7.45. The van der Waals surface area contributed by atoms with E-state index in [1.165, 1.54) is 29.5 Å². The van der Waals surface area contributed by atoms with Crippen molar-refractivity contribution in [3.63, 3.8) is 0 Å². The maximum absolute atomic E-state index is 13.6. The third-order valence-corrected chi connectivity index (χ3v) is 10.9. The number of imidazole rings is 1. The summed E-state index contributed by atoms with van der Waals surface area (Å²) in [6.45, 7) is 4.28. The first-order valence-corrected chi connectivity index (χ1v) is 16.2. The van der Waals surface area contributed by atoms with Gasteiger partial charge in [0.25, 0.3) is 11.8 Å². The number of hydrogen-bond acceptors (Lipinski definition) is 5. The molecular formula is C33H33Cl2N7O2. The van der Waals surface area contributed by atoms with Crippen molar-refractivity contribution in [1.82, 2.24) is 34.3 Å². The molecule has 2 aliphatic carbocycles. The van der Waals surface area contributed by atoms with Gasteiger partial charge in [-0.25, -0.2) is 9.67 Å². The van der Waals surface area contributed by atoms with Crippen LogP contribution in [0.1, 0.15) is 87.2 Å². The van der Waals surface area contributed by atoms with E-state index in [0.717, 1.165) is 25.7 Å². The Morgan fingerprint density at radius 3 is 2.45 bits per heavy atom. The number of benzene rings is 2. The average Bonchev–Trinajstić information content (AvgIpc) is 3.65. The zero-order chi connectivity index (χ0) is 30.2. The summed E-state index contributed by atoms with van der Waals surface area (Å²) in [5, 5.41) is 9.44. The highest BCUT2D eigenvalue weighted by atomic mass is 35.5. The Hall–Kier alpha value is -3.69. The van der Waals surface area contributed by atoms with Crippen LogP contribution in [0.3, 0.4) is 0 Å². The molecule has 1 spiro atoms. The summed E-state index contributed by atoms with van der Waals surface area (Å²) in [6, 6.07) is 14.7. The summed E-state index contributed by atoms with van der Waals surface area (Å²) in [5.74, 6) is 0.809. The van der Waals surface area contributed by atoms with Crippen molar-refractivity contribution in [2.75, 3.05) is 19.6 Å². The minimum atomic E-state index is -0.240. The lowest BCUT2D eigenvalue weighted by molar-refractivity contribution is 0.0660. The number of amides is 2. The third kappa shape index (κ3) is 4.46. The third-order valence-electron chi connectivity index (χ3n) is 10.2. The number of nitrogens with zero attached hydrogens (tertiary/aromatic N) is 7. The highest BCUT2D eigenvalue weighted by Gasteiger charge is 2.42. The number of rotatable bonds is 4. The predicted octanol–water partition coefficient (Wildman–Crippen LogP) is 5.73. The maximum atomic E-state index is 13.6. The Labute approximate surface area is 265 Å². The van der Waals surface area contributed by atoms with Crippen molar-refractivity contribution in [3.05, 3.63) is 92.2 Å². The van der Waals surface area contributed by atoms with Gasteiger partial charge in [-0.1, -0.05) is 58.7 Å². The van der Waals surface area contributed by atoms with Crippen LogP contribution in [0.4, 0.5) is 0 Å². The monoisotopic (exact) mass is 629 g/mol. The minimum Gasteiger partial charge on any atom is -0.337 e. The smallest absolute Gasteiger partial charge is 0.276 e. The molecular weight excluding hydrogens is 597 g/mol. The molecule has 2 aliphatic heterocycles.